The van der Waals surface area contributed by atoms with Gasteiger partial charge in [0.2, 0.25) is 0 Å². The third-order valence-corrected chi connectivity index (χ3v) is 2.92. The Labute approximate surface area is 102 Å². The molecule has 14 heavy (non-hydrogen) atoms. The molecule has 1 atom stereocenters. The standard InChI is InChI=1S/C10H12N2S.Zn/c1-5-4-8-9(7(3)6(5)2)12-10(13)11-8;/h4,8H,1-3H3,(H,11,13);. The van der Waals surface area contributed by atoms with Crippen LogP contribution in [0, 0.1) is 0 Å². The van der Waals surface area contributed by atoms with Gasteiger partial charge in [-0.25, -0.2) is 9.98 Å². The van der Waals surface area contributed by atoms with E-state index >= 15 is 0 Å². The van der Waals surface area contributed by atoms with E-state index in [9.17, 15) is 0 Å². The average molecular weight is 258 g/mol. The average Bonchev–Trinajstić information content (AvgIpc) is 2.42. The van der Waals surface area contributed by atoms with E-state index in [1.165, 1.54) is 16.7 Å². The Hall–Kier alpha value is -0.207. The largest absolute Gasteiger partial charge is 0.247 e. The molecule has 1 unspecified atom stereocenters. The van der Waals surface area contributed by atoms with Gasteiger partial charge in [0, 0.05) is 19.5 Å². The topological polar surface area (TPSA) is 24.7 Å². The molecule has 2 nitrogen and oxygen atoms in total. The third kappa shape index (κ3) is 1.78. The summed E-state index contributed by atoms with van der Waals surface area (Å²) in [6.07, 6.45) is 2.14. The minimum atomic E-state index is 0. The van der Waals surface area contributed by atoms with Crippen molar-refractivity contribution in [1.29, 1.82) is 0 Å². The second kappa shape index (κ2) is 4.12. The number of amidine groups is 1. The predicted octanol–water partition coefficient (Wildman–Crippen LogP) is 2.39. The Morgan fingerprint density at radius 2 is 1.86 bits per heavy atom. The molecule has 0 saturated heterocycles. The number of fused-ring (bicyclic) bond motifs is 1. The summed E-state index contributed by atoms with van der Waals surface area (Å²) in [6, 6.07) is 0.121. The number of hydrogen-bond donors (Lipinski definition) is 1. The third-order valence-electron chi connectivity index (χ3n) is 2.70. The molecule has 0 spiro atoms. The zero-order chi connectivity index (χ0) is 9.59. The van der Waals surface area contributed by atoms with Gasteiger partial charge < -0.3 is 0 Å². The smallest absolute Gasteiger partial charge is 0.181 e. The zero-order valence-corrected chi connectivity index (χ0v) is 12.6. The Bertz CT molecular complexity index is 391. The molecule has 0 amide bonds. The van der Waals surface area contributed by atoms with Crippen LogP contribution in [0.3, 0.4) is 0 Å². The minimum Gasteiger partial charge on any atom is -0.247 e. The van der Waals surface area contributed by atoms with E-state index in [2.05, 4.69) is 49.5 Å². The molecule has 1 aliphatic heterocycles. The van der Waals surface area contributed by atoms with Crippen LogP contribution >= 0.6 is 12.6 Å². The predicted molar refractivity (Wildman–Crippen MR) is 59.8 cm³/mol. The van der Waals surface area contributed by atoms with Gasteiger partial charge in [-0.3, -0.25) is 0 Å². The van der Waals surface area contributed by atoms with E-state index in [1.54, 1.807) is 0 Å². The minimum absolute atomic E-state index is 0. The number of hydrogen-bond acceptors (Lipinski definition) is 2. The Morgan fingerprint density at radius 1 is 1.21 bits per heavy atom. The van der Waals surface area contributed by atoms with Crippen LogP contribution in [0.1, 0.15) is 20.8 Å². The van der Waals surface area contributed by atoms with Crippen molar-refractivity contribution >= 4 is 23.5 Å². The Morgan fingerprint density at radius 3 is 2.50 bits per heavy atom. The van der Waals surface area contributed by atoms with Crippen LogP contribution in [0.4, 0.5) is 0 Å². The summed E-state index contributed by atoms with van der Waals surface area (Å²) in [5, 5.41) is 0.595. The van der Waals surface area contributed by atoms with Crippen molar-refractivity contribution < 1.29 is 19.5 Å². The molecule has 2 rings (SSSR count). The van der Waals surface area contributed by atoms with Gasteiger partial charge in [-0.2, -0.15) is 0 Å². The van der Waals surface area contributed by atoms with Crippen molar-refractivity contribution in [3.8, 4) is 0 Å². The molecule has 1 aliphatic carbocycles. The number of nitrogens with zero attached hydrogens (tertiary/aromatic N) is 2. The van der Waals surface area contributed by atoms with Crippen molar-refractivity contribution in [3.05, 3.63) is 22.8 Å². The van der Waals surface area contributed by atoms with Crippen LogP contribution in [0.5, 0.6) is 0 Å². The fourth-order valence-electron chi connectivity index (χ4n) is 1.66. The van der Waals surface area contributed by atoms with Crippen molar-refractivity contribution in [2.24, 2.45) is 9.98 Å². The molecule has 0 N–H and O–H groups in total. The first-order chi connectivity index (χ1) is 6.09. The van der Waals surface area contributed by atoms with E-state index in [0.717, 1.165) is 5.71 Å². The maximum Gasteiger partial charge on any atom is 0.181 e. The van der Waals surface area contributed by atoms with Gasteiger partial charge in [0.1, 0.15) is 6.04 Å². The van der Waals surface area contributed by atoms with Crippen LogP contribution in [-0.4, -0.2) is 16.9 Å². The van der Waals surface area contributed by atoms with Crippen molar-refractivity contribution in [2.75, 3.05) is 0 Å². The van der Waals surface area contributed by atoms with E-state index in [1.807, 2.05) is 0 Å². The number of allylic oxidation sites excluding steroid dienone is 2. The first-order valence-corrected chi connectivity index (χ1v) is 4.76. The molecule has 0 saturated carbocycles. The molecular formula is C10H12N2SZn. The van der Waals surface area contributed by atoms with Gasteiger partial charge in [0.05, 0.1) is 5.71 Å². The van der Waals surface area contributed by atoms with E-state index in [-0.39, 0.29) is 25.5 Å². The molecule has 0 bridgehead atoms. The molecule has 70 valence electrons. The van der Waals surface area contributed by atoms with Crippen LogP contribution in [-0.2, 0) is 19.5 Å². The quantitative estimate of drug-likeness (QED) is 0.509. The number of rotatable bonds is 0. The molecule has 0 fully saturated rings. The molecule has 1 heterocycles. The summed E-state index contributed by atoms with van der Waals surface area (Å²) >= 11 is 4.16. The first-order valence-electron chi connectivity index (χ1n) is 4.31. The van der Waals surface area contributed by atoms with E-state index < -0.39 is 0 Å². The molecule has 0 aromatic carbocycles. The summed E-state index contributed by atoms with van der Waals surface area (Å²) < 4.78 is 0. The van der Waals surface area contributed by atoms with Crippen LogP contribution in [0.15, 0.2) is 32.8 Å². The van der Waals surface area contributed by atoms with Crippen molar-refractivity contribution in [3.63, 3.8) is 0 Å². The van der Waals surface area contributed by atoms with Crippen molar-refractivity contribution in [1.82, 2.24) is 0 Å². The second-order valence-corrected chi connectivity index (χ2v) is 3.87. The molecule has 4 heteroatoms. The molecule has 0 aromatic heterocycles. The molecule has 0 radical (unpaired) electrons. The molecular weight excluding hydrogens is 246 g/mol. The van der Waals surface area contributed by atoms with Crippen molar-refractivity contribution in [2.45, 2.75) is 26.8 Å². The normalized spacial score (nSPS) is 24.9. The SMILES string of the molecule is CC1=CC2N=C(S)N=C2C(C)=C1C.[Zn]. The van der Waals surface area contributed by atoms with Gasteiger partial charge in [0.15, 0.2) is 5.17 Å². The van der Waals surface area contributed by atoms with Gasteiger partial charge in [-0.05, 0) is 37.5 Å². The van der Waals surface area contributed by atoms with Crippen LogP contribution < -0.4 is 0 Å². The van der Waals surface area contributed by atoms with Gasteiger partial charge in [-0.15, -0.1) is 12.6 Å². The van der Waals surface area contributed by atoms with E-state index in [0.29, 0.717) is 5.17 Å². The summed E-state index contributed by atoms with van der Waals surface area (Å²) in [4.78, 5) is 8.62. The molecule has 0 aromatic rings. The van der Waals surface area contributed by atoms with E-state index in [4.69, 9.17) is 0 Å². The van der Waals surface area contributed by atoms with Crippen LogP contribution in [0.25, 0.3) is 0 Å². The fraction of sp³-hybridized carbons (Fsp3) is 0.400. The first kappa shape index (κ1) is 11.9. The Kier molecular flexibility index (Phi) is 3.49. The number of thiol groups is 1. The second-order valence-electron chi connectivity index (χ2n) is 3.47. The summed E-state index contributed by atoms with van der Waals surface area (Å²) in [6.45, 7) is 6.33. The molecule has 2 aliphatic rings. The van der Waals surface area contributed by atoms with Gasteiger partial charge >= 0.3 is 0 Å². The zero-order valence-electron chi connectivity index (χ0n) is 8.70. The Balaban J connectivity index is 0.000000980. The van der Waals surface area contributed by atoms with Crippen LogP contribution in [0.2, 0.25) is 0 Å². The monoisotopic (exact) mass is 256 g/mol. The van der Waals surface area contributed by atoms with Gasteiger partial charge in [-0.1, -0.05) is 6.08 Å². The fourth-order valence-corrected chi connectivity index (χ4v) is 1.89. The number of aliphatic imine (C=N–C) groups is 2. The summed E-state index contributed by atoms with van der Waals surface area (Å²) in [5.74, 6) is 0. The summed E-state index contributed by atoms with van der Waals surface area (Å²) in [5.41, 5.74) is 4.92. The maximum absolute atomic E-state index is 4.31. The summed E-state index contributed by atoms with van der Waals surface area (Å²) in [7, 11) is 0. The van der Waals surface area contributed by atoms with Gasteiger partial charge in [0.25, 0.3) is 0 Å². The maximum atomic E-state index is 4.31.